The SMILES string of the molecule is COc1cc(CO)ccc1OCc1ccc2c(c1)CCC2. The smallest absolute Gasteiger partial charge is 0.161 e. The van der Waals surface area contributed by atoms with E-state index < -0.39 is 0 Å². The van der Waals surface area contributed by atoms with E-state index >= 15 is 0 Å². The van der Waals surface area contributed by atoms with Crippen LogP contribution in [0.3, 0.4) is 0 Å². The Bertz CT molecular complexity index is 634. The van der Waals surface area contributed by atoms with Crippen LogP contribution in [0.15, 0.2) is 36.4 Å². The molecule has 2 aromatic rings. The van der Waals surface area contributed by atoms with Crippen molar-refractivity contribution in [2.45, 2.75) is 32.5 Å². The summed E-state index contributed by atoms with van der Waals surface area (Å²) in [6, 6.07) is 12.1. The number of ether oxygens (including phenoxy) is 2. The van der Waals surface area contributed by atoms with Crippen LogP contribution in [0.2, 0.25) is 0 Å². The maximum atomic E-state index is 9.15. The van der Waals surface area contributed by atoms with Crippen molar-refractivity contribution < 1.29 is 14.6 Å². The Labute approximate surface area is 125 Å². The molecule has 0 amide bonds. The van der Waals surface area contributed by atoms with Gasteiger partial charge in [-0.1, -0.05) is 24.3 Å². The van der Waals surface area contributed by atoms with Gasteiger partial charge in [0.25, 0.3) is 0 Å². The molecule has 0 bridgehead atoms. The second kappa shape index (κ2) is 6.19. The molecule has 3 heteroatoms. The molecule has 1 N–H and O–H groups in total. The van der Waals surface area contributed by atoms with Gasteiger partial charge in [-0.2, -0.15) is 0 Å². The number of aliphatic hydroxyl groups excluding tert-OH is 1. The lowest BCUT2D eigenvalue weighted by Gasteiger charge is -2.12. The molecular weight excluding hydrogens is 264 g/mol. The summed E-state index contributed by atoms with van der Waals surface area (Å²) in [7, 11) is 1.61. The van der Waals surface area contributed by atoms with Crippen LogP contribution in [-0.4, -0.2) is 12.2 Å². The third-order valence-corrected chi connectivity index (χ3v) is 3.97. The summed E-state index contributed by atoms with van der Waals surface area (Å²) in [5.41, 5.74) is 4.93. The topological polar surface area (TPSA) is 38.7 Å². The van der Waals surface area contributed by atoms with Gasteiger partial charge in [0.15, 0.2) is 11.5 Å². The monoisotopic (exact) mass is 284 g/mol. The van der Waals surface area contributed by atoms with Crippen LogP contribution in [-0.2, 0) is 26.1 Å². The first-order valence-electron chi connectivity index (χ1n) is 7.31. The highest BCUT2D eigenvalue weighted by molar-refractivity contribution is 5.43. The quantitative estimate of drug-likeness (QED) is 0.916. The molecule has 2 aromatic carbocycles. The van der Waals surface area contributed by atoms with Gasteiger partial charge in [0, 0.05) is 0 Å². The van der Waals surface area contributed by atoms with Crippen LogP contribution in [0.1, 0.15) is 28.7 Å². The third-order valence-electron chi connectivity index (χ3n) is 3.97. The fourth-order valence-corrected chi connectivity index (χ4v) is 2.81. The Morgan fingerprint density at radius 2 is 1.76 bits per heavy atom. The molecule has 3 rings (SSSR count). The van der Waals surface area contributed by atoms with E-state index in [4.69, 9.17) is 14.6 Å². The Morgan fingerprint density at radius 3 is 2.57 bits per heavy atom. The number of aliphatic hydroxyl groups is 1. The Kier molecular flexibility index (Phi) is 4.11. The zero-order valence-electron chi connectivity index (χ0n) is 12.3. The van der Waals surface area contributed by atoms with Crippen molar-refractivity contribution in [3.8, 4) is 11.5 Å². The first-order valence-corrected chi connectivity index (χ1v) is 7.31. The predicted octanol–water partition coefficient (Wildman–Crippen LogP) is 3.26. The fraction of sp³-hybridized carbons (Fsp3) is 0.333. The maximum absolute atomic E-state index is 9.15. The molecule has 3 nitrogen and oxygen atoms in total. The number of rotatable bonds is 5. The Balaban J connectivity index is 1.72. The minimum Gasteiger partial charge on any atom is -0.493 e. The van der Waals surface area contributed by atoms with Crippen LogP contribution in [0.4, 0.5) is 0 Å². The average molecular weight is 284 g/mol. The molecule has 0 atom stereocenters. The molecular formula is C18H20O3. The van der Waals surface area contributed by atoms with Gasteiger partial charge in [-0.15, -0.1) is 0 Å². The summed E-state index contributed by atoms with van der Waals surface area (Å²) in [6.07, 6.45) is 3.64. The van der Waals surface area contributed by atoms with Crippen molar-refractivity contribution in [1.29, 1.82) is 0 Å². The highest BCUT2D eigenvalue weighted by atomic mass is 16.5. The summed E-state index contributed by atoms with van der Waals surface area (Å²) in [5, 5.41) is 9.15. The summed E-state index contributed by atoms with van der Waals surface area (Å²) < 4.78 is 11.2. The van der Waals surface area contributed by atoms with Gasteiger partial charge in [0.2, 0.25) is 0 Å². The van der Waals surface area contributed by atoms with Crippen LogP contribution in [0.5, 0.6) is 11.5 Å². The van der Waals surface area contributed by atoms with Gasteiger partial charge in [-0.3, -0.25) is 0 Å². The second-order valence-electron chi connectivity index (χ2n) is 5.39. The lowest BCUT2D eigenvalue weighted by molar-refractivity contribution is 0.274. The van der Waals surface area contributed by atoms with E-state index in [1.165, 1.54) is 36.0 Å². The normalized spacial score (nSPS) is 13.0. The molecule has 110 valence electrons. The number of hydrogen-bond acceptors (Lipinski definition) is 3. The van der Waals surface area contributed by atoms with Gasteiger partial charge in [-0.25, -0.2) is 0 Å². The highest BCUT2D eigenvalue weighted by Gasteiger charge is 2.11. The van der Waals surface area contributed by atoms with E-state index in [9.17, 15) is 0 Å². The molecule has 21 heavy (non-hydrogen) atoms. The molecule has 0 unspecified atom stereocenters. The van der Waals surface area contributed by atoms with Gasteiger partial charge in [0.05, 0.1) is 13.7 Å². The number of methoxy groups -OCH3 is 1. The van der Waals surface area contributed by atoms with Crippen LogP contribution < -0.4 is 9.47 Å². The van der Waals surface area contributed by atoms with E-state index in [1.54, 1.807) is 13.2 Å². The first kappa shape index (κ1) is 14.0. The van der Waals surface area contributed by atoms with E-state index in [-0.39, 0.29) is 6.61 Å². The van der Waals surface area contributed by atoms with Crippen LogP contribution >= 0.6 is 0 Å². The van der Waals surface area contributed by atoms with Crippen molar-refractivity contribution in [3.63, 3.8) is 0 Å². The zero-order chi connectivity index (χ0) is 14.7. The molecule has 0 spiro atoms. The lowest BCUT2D eigenvalue weighted by Crippen LogP contribution is -1.99. The maximum Gasteiger partial charge on any atom is 0.161 e. The number of benzene rings is 2. The van der Waals surface area contributed by atoms with Crippen molar-refractivity contribution >= 4 is 0 Å². The van der Waals surface area contributed by atoms with E-state index in [2.05, 4.69) is 18.2 Å². The van der Waals surface area contributed by atoms with E-state index in [1.807, 2.05) is 12.1 Å². The largest absolute Gasteiger partial charge is 0.493 e. The van der Waals surface area contributed by atoms with Crippen molar-refractivity contribution in [3.05, 3.63) is 58.7 Å². The predicted molar refractivity (Wildman–Crippen MR) is 81.7 cm³/mol. The van der Waals surface area contributed by atoms with Gasteiger partial charge < -0.3 is 14.6 Å². The van der Waals surface area contributed by atoms with Crippen molar-refractivity contribution in [2.75, 3.05) is 7.11 Å². The molecule has 0 saturated heterocycles. The van der Waals surface area contributed by atoms with Crippen molar-refractivity contribution in [2.24, 2.45) is 0 Å². The molecule has 0 aliphatic heterocycles. The van der Waals surface area contributed by atoms with Gasteiger partial charge >= 0.3 is 0 Å². The minimum atomic E-state index is 0.00145. The molecule has 0 radical (unpaired) electrons. The standard InChI is InChI=1S/C18H20O3/c1-20-18-10-13(11-19)6-8-17(18)21-12-14-5-7-15-3-2-4-16(15)9-14/h5-10,19H,2-4,11-12H2,1H3. The van der Waals surface area contributed by atoms with Crippen molar-refractivity contribution in [1.82, 2.24) is 0 Å². The Morgan fingerprint density at radius 1 is 0.952 bits per heavy atom. The molecule has 0 heterocycles. The summed E-state index contributed by atoms with van der Waals surface area (Å²) >= 11 is 0. The zero-order valence-corrected chi connectivity index (χ0v) is 12.3. The van der Waals surface area contributed by atoms with Crippen LogP contribution in [0.25, 0.3) is 0 Å². The molecule has 1 aliphatic carbocycles. The van der Waals surface area contributed by atoms with Gasteiger partial charge in [0.1, 0.15) is 6.61 Å². The highest BCUT2D eigenvalue weighted by Crippen LogP contribution is 2.29. The molecule has 0 aromatic heterocycles. The van der Waals surface area contributed by atoms with Gasteiger partial charge in [-0.05, 0) is 53.6 Å². The fourth-order valence-electron chi connectivity index (χ4n) is 2.81. The Hall–Kier alpha value is -2.00. The van der Waals surface area contributed by atoms with Crippen LogP contribution in [0, 0.1) is 0 Å². The molecule has 0 fully saturated rings. The van der Waals surface area contributed by atoms with E-state index in [0.717, 1.165) is 5.56 Å². The summed E-state index contributed by atoms with van der Waals surface area (Å²) in [6.45, 7) is 0.531. The van der Waals surface area contributed by atoms with E-state index in [0.29, 0.717) is 18.1 Å². The number of fused-ring (bicyclic) bond motifs is 1. The number of aryl methyl sites for hydroxylation is 2. The molecule has 1 aliphatic rings. The lowest BCUT2D eigenvalue weighted by atomic mass is 10.1. The average Bonchev–Trinajstić information content (AvgIpc) is 3.00. The summed E-state index contributed by atoms with van der Waals surface area (Å²) in [4.78, 5) is 0. The number of hydrogen-bond donors (Lipinski definition) is 1. The second-order valence-corrected chi connectivity index (χ2v) is 5.39. The third kappa shape index (κ3) is 3.03. The first-order chi connectivity index (χ1) is 10.3. The molecule has 0 saturated carbocycles. The summed E-state index contributed by atoms with van der Waals surface area (Å²) in [5.74, 6) is 1.36. The minimum absolute atomic E-state index is 0.00145.